The average Bonchev–Trinajstić information content (AvgIpc) is 3.02. The summed E-state index contributed by atoms with van der Waals surface area (Å²) in [6.07, 6.45) is 4.55. The van der Waals surface area contributed by atoms with Crippen LogP contribution in [0.25, 0.3) is 0 Å². The first-order valence-electron chi connectivity index (χ1n) is 5.97. The van der Waals surface area contributed by atoms with Crippen LogP contribution in [-0.2, 0) is 4.79 Å². The smallest absolute Gasteiger partial charge is 0.251 e. The third-order valence-electron chi connectivity index (χ3n) is 2.97. The van der Waals surface area contributed by atoms with Crippen LogP contribution >= 0.6 is 0 Å². The van der Waals surface area contributed by atoms with Crippen LogP contribution in [0.3, 0.4) is 0 Å². The molecule has 1 fully saturated rings. The van der Waals surface area contributed by atoms with E-state index in [4.69, 9.17) is 5.84 Å². The Balaban J connectivity index is 2.51. The lowest BCUT2D eigenvalue weighted by Crippen LogP contribution is -2.49. The van der Waals surface area contributed by atoms with E-state index in [-0.39, 0.29) is 11.9 Å². The van der Waals surface area contributed by atoms with E-state index in [0.717, 1.165) is 31.8 Å². The summed E-state index contributed by atoms with van der Waals surface area (Å²) < 4.78 is 0. The molecule has 15 heavy (non-hydrogen) atoms. The number of rotatable bonds is 7. The number of nitrogens with one attached hydrogen (secondary N) is 1. The Kier molecular flexibility index (Phi) is 5.05. The van der Waals surface area contributed by atoms with Gasteiger partial charge in [0, 0.05) is 6.54 Å². The minimum absolute atomic E-state index is 0.0458. The summed E-state index contributed by atoms with van der Waals surface area (Å²) in [6, 6.07) is -0.0458. The molecule has 88 valence electrons. The Hall–Kier alpha value is -0.610. The average molecular weight is 213 g/mol. The summed E-state index contributed by atoms with van der Waals surface area (Å²) >= 11 is 0. The second-order valence-electron chi connectivity index (χ2n) is 4.37. The number of nitrogens with two attached hydrogens (primary N) is 1. The van der Waals surface area contributed by atoms with Crippen molar-refractivity contribution in [1.82, 2.24) is 10.3 Å². The first-order valence-corrected chi connectivity index (χ1v) is 5.97. The van der Waals surface area contributed by atoms with E-state index in [1.54, 1.807) is 0 Å². The lowest BCUT2D eigenvalue weighted by molar-refractivity contribution is -0.126. The van der Waals surface area contributed by atoms with Crippen LogP contribution < -0.4 is 11.3 Å². The molecule has 0 heterocycles. The van der Waals surface area contributed by atoms with Crippen molar-refractivity contribution in [2.45, 2.75) is 45.6 Å². The van der Waals surface area contributed by atoms with Gasteiger partial charge in [0.15, 0.2) is 0 Å². The normalized spacial score (nSPS) is 17.9. The van der Waals surface area contributed by atoms with Gasteiger partial charge in [-0.1, -0.05) is 13.8 Å². The van der Waals surface area contributed by atoms with E-state index >= 15 is 0 Å². The van der Waals surface area contributed by atoms with E-state index in [1.165, 1.54) is 12.8 Å². The van der Waals surface area contributed by atoms with Gasteiger partial charge in [-0.05, 0) is 38.1 Å². The molecule has 0 aliphatic heterocycles. The van der Waals surface area contributed by atoms with E-state index in [1.807, 2.05) is 6.92 Å². The third-order valence-corrected chi connectivity index (χ3v) is 2.97. The second-order valence-corrected chi connectivity index (χ2v) is 4.37. The van der Waals surface area contributed by atoms with Gasteiger partial charge in [-0.3, -0.25) is 15.1 Å². The summed E-state index contributed by atoms with van der Waals surface area (Å²) in [5, 5.41) is 0. The monoisotopic (exact) mass is 213 g/mol. The summed E-state index contributed by atoms with van der Waals surface area (Å²) in [4.78, 5) is 13.9. The maximum absolute atomic E-state index is 11.6. The number of amides is 1. The molecule has 4 nitrogen and oxygen atoms in total. The molecule has 1 aliphatic rings. The molecule has 1 aliphatic carbocycles. The maximum Gasteiger partial charge on any atom is 0.251 e. The molecule has 4 heteroatoms. The fourth-order valence-electron chi connectivity index (χ4n) is 2.00. The second kappa shape index (κ2) is 6.08. The van der Waals surface area contributed by atoms with E-state index in [9.17, 15) is 4.79 Å². The zero-order chi connectivity index (χ0) is 11.3. The zero-order valence-electron chi connectivity index (χ0n) is 9.83. The fraction of sp³-hybridized carbons (Fsp3) is 0.909. The van der Waals surface area contributed by atoms with E-state index in [2.05, 4.69) is 17.2 Å². The van der Waals surface area contributed by atoms with Crippen molar-refractivity contribution in [3.05, 3.63) is 0 Å². The predicted octanol–water partition coefficient (Wildman–Crippen LogP) is 0.877. The Morgan fingerprint density at radius 3 is 2.60 bits per heavy atom. The van der Waals surface area contributed by atoms with Crippen molar-refractivity contribution in [2.75, 3.05) is 13.1 Å². The molecule has 1 rings (SSSR count). The van der Waals surface area contributed by atoms with E-state index in [0.29, 0.717) is 0 Å². The van der Waals surface area contributed by atoms with Crippen LogP contribution in [0.15, 0.2) is 0 Å². The van der Waals surface area contributed by atoms with Crippen molar-refractivity contribution in [1.29, 1.82) is 0 Å². The molecular formula is C11H23N3O. The van der Waals surface area contributed by atoms with Crippen LogP contribution in [0, 0.1) is 5.92 Å². The van der Waals surface area contributed by atoms with Gasteiger partial charge in [-0.25, -0.2) is 5.84 Å². The van der Waals surface area contributed by atoms with E-state index < -0.39 is 0 Å². The van der Waals surface area contributed by atoms with Gasteiger partial charge in [-0.15, -0.1) is 0 Å². The zero-order valence-corrected chi connectivity index (χ0v) is 9.83. The number of hydrogen-bond acceptors (Lipinski definition) is 3. The van der Waals surface area contributed by atoms with Gasteiger partial charge in [0.1, 0.15) is 0 Å². The lowest BCUT2D eigenvalue weighted by atomic mass is 10.1. The molecule has 0 radical (unpaired) electrons. The van der Waals surface area contributed by atoms with Gasteiger partial charge in [0.05, 0.1) is 6.04 Å². The predicted molar refractivity (Wildman–Crippen MR) is 61.0 cm³/mol. The van der Waals surface area contributed by atoms with Crippen LogP contribution in [0.1, 0.15) is 39.5 Å². The van der Waals surface area contributed by atoms with Crippen LogP contribution in [-0.4, -0.2) is 29.9 Å². The van der Waals surface area contributed by atoms with Gasteiger partial charge >= 0.3 is 0 Å². The Bertz CT molecular complexity index is 204. The molecule has 0 aromatic rings. The van der Waals surface area contributed by atoms with Crippen LogP contribution in [0.5, 0.6) is 0 Å². The fourth-order valence-corrected chi connectivity index (χ4v) is 2.00. The van der Waals surface area contributed by atoms with Crippen molar-refractivity contribution in [2.24, 2.45) is 11.8 Å². The quantitative estimate of drug-likeness (QED) is 0.375. The number of hydrogen-bond donors (Lipinski definition) is 2. The first-order chi connectivity index (χ1) is 7.22. The molecule has 1 saturated carbocycles. The number of hydrazine groups is 1. The van der Waals surface area contributed by atoms with Crippen LogP contribution in [0.4, 0.5) is 0 Å². The summed E-state index contributed by atoms with van der Waals surface area (Å²) in [6.45, 7) is 6.23. The summed E-state index contributed by atoms with van der Waals surface area (Å²) in [5.41, 5.74) is 2.27. The Morgan fingerprint density at radius 1 is 1.53 bits per heavy atom. The van der Waals surface area contributed by atoms with Gasteiger partial charge in [-0.2, -0.15) is 0 Å². The molecular weight excluding hydrogens is 190 g/mol. The molecule has 0 spiro atoms. The topological polar surface area (TPSA) is 58.4 Å². The van der Waals surface area contributed by atoms with Gasteiger partial charge in [0.2, 0.25) is 0 Å². The molecule has 1 atom stereocenters. The highest BCUT2D eigenvalue weighted by Gasteiger charge is 2.29. The standard InChI is InChI=1S/C11H23N3O/c1-3-7-14(8-9-5-6-9)10(4-2)11(15)13-12/h9-10H,3-8,12H2,1-2H3,(H,13,15). The highest BCUT2D eigenvalue weighted by molar-refractivity contribution is 5.81. The van der Waals surface area contributed by atoms with Crippen molar-refractivity contribution >= 4 is 5.91 Å². The minimum atomic E-state index is -0.0494. The van der Waals surface area contributed by atoms with Gasteiger partial charge in [0.25, 0.3) is 5.91 Å². The van der Waals surface area contributed by atoms with Crippen molar-refractivity contribution in [3.63, 3.8) is 0 Å². The SMILES string of the molecule is CCCN(CC1CC1)C(CC)C(=O)NN. The molecule has 1 amide bonds. The third kappa shape index (κ3) is 3.80. The highest BCUT2D eigenvalue weighted by atomic mass is 16.2. The molecule has 3 N–H and O–H groups in total. The molecule has 0 bridgehead atoms. The highest BCUT2D eigenvalue weighted by Crippen LogP contribution is 2.30. The van der Waals surface area contributed by atoms with Crippen molar-refractivity contribution < 1.29 is 4.79 Å². The molecule has 0 saturated heterocycles. The number of carbonyl (C=O) groups is 1. The Labute approximate surface area is 92.2 Å². The molecule has 0 aromatic heterocycles. The van der Waals surface area contributed by atoms with Gasteiger partial charge < -0.3 is 0 Å². The molecule has 0 aromatic carbocycles. The van der Waals surface area contributed by atoms with Crippen LogP contribution in [0.2, 0.25) is 0 Å². The first kappa shape index (κ1) is 12.5. The van der Waals surface area contributed by atoms with Crippen molar-refractivity contribution in [3.8, 4) is 0 Å². The number of nitrogens with zero attached hydrogens (tertiary/aromatic N) is 1. The minimum Gasteiger partial charge on any atom is -0.293 e. The number of carbonyl (C=O) groups excluding carboxylic acids is 1. The largest absolute Gasteiger partial charge is 0.293 e. The summed E-state index contributed by atoms with van der Waals surface area (Å²) in [5.74, 6) is 5.97. The Morgan fingerprint density at radius 2 is 2.20 bits per heavy atom. The summed E-state index contributed by atoms with van der Waals surface area (Å²) in [7, 11) is 0. The molecule has 1 unspecified atom stereocenters. The lowest BCUT2D eigenvalue weighted by Gasteiger charge is -2.29. The maximum atomic E-state index is 11.6.